The van der Waals surface area contributed by atoms with Crippen LogP contribution in [0.25, 0.3) is 10.9 Å². The van der Waals surface area contributed by atoms with Gasteiger partial charge in [0.2, 0.25) is 0 Å². The van der Waals surface area contributed by atoms with Crippen molar-refractivity contribution in [2.75, 3.05) is 26.0 Å². The number of rotatable bonds is 9. The number of ether oxygens (including phenoxy) is 2. The number of anilines is 2. The Morgan fingerprint density at radius 2 is 1.85 bits per heavy atom. The van der Waals surface area contributed by atoms with Gasteiger partial charge in [-0.2, -0.15) is 0 Å². The van der Waals surface area contributed by atoms with Crippen molar-refractivity contribution in [1.82, 2.24) is 19.9 Å². The summed E-state index contributed by atoms with van der Waals surface area (Å²) in [6.07, 6.45) is 3.27. The van der Waals surface area contributed by atoms with Gasteiger partial charge >= 0.3 is 0 Å². The van der Waals surface area contributed by atoms with Gasteiger partial charge in [-0.25, -0.2) is 9.97 Å². The summed E-state index contributed by atoms with van der Waals surface area (Å²) >= 11 is 6.48. The fourth-order valence-corrected chi connectivity index (χ4v) is 3.36. The number of nitrogens with one attached hydrogen (secondary N) is 1. The molecule has 7 nitrogen and oxygen atoms in total. The van der Waals surface area contributed by atoms with Crippen LogP contribution in [0.4, 0.5) is 11.5 Å². The molecule has 0 fully saturated rings. The lowest BCUT2D eigenvalue weighted by molar-refractivity contribution is 0.200. The maximum absolute atomic E-state index is 6.48. The van der Waals surface area contributed by atoms with Crippen LogP contribution in [0.15, 0.2) is 67.1 Å². The molecular weight excluding hydrogens is 438 g/mol. The molecule has 8 heteroatoms. The highest BCUT2D eigenvalue weighted by molar-refractivity contribution is 6.32. The molecule has 4 aromatic rings. The number of pyridine rings is 1. The number of nitrogens with zero attached hydrogens (tertiary/aromatic N) is 4. The van der Waals surface area contributed by atoms with Gasteiger partial charge in [-0.15, -0.1) is 0 Å². The smallest absolute Gasteiger partial charge is 0.145 e. The quantitative estimate of drug-likeness (QED) is 0.359. The standard InChI is InChI=1S/C25H26ClN5O2/c1-17(31(2)3)14-32-23-9-6-8-21-24(23)25(29-16-28-21)30-18-10-11-22(20(26)13-18)33-15-19-7-4-5-12-27-19/h4-13,16-17H,14-15H2,1-3H3,(H,28,29,30). The zero-order valence-corrected chi connectivity index (χ0v) is 19.6. The Morgan fingerprint density at radius 3 is 2.61 bits per heavy atom. The van der Waals surface area contributed by atoms with Crippen molar-refractivity contribution in [2.24, 2.45) is 0 Å². The Bertz CT molecular complexity index is 1210. The molecule has 0 aliphatic heterocycles. The Morgan fingerprint density at radius 1 is 0.970 bits per heavy atom. The predicted molar refractivity (Wildman–Crippen MR) is 131 cm³/mol. The number of halogens is 1. The summed E-state index contributed by atoms with van der Waals surface area (Å²) in [6.45, 7) is 3.00. The molecule has 2 aromatic heterocycles. The first-order valence-electron chi connectivity index (χ1n) is 10.6. The van der Waals surface area contributed by atoms with Gasteiger partial charge in [-0.05, 0) is 63.5 Å². The molecule has 2 aromatic carbocycles. The van der Waals surface area contributed by atoms with Crippen LogP contribution in [-0.2, 0) is 6.61 Å². The molecule has 0 aliphatic rings. The summed E-state index contributed by atoms with van der Waals surface area (Å²) in [5.74, 6) is 1.96. The zero-order chi connectivity index (χ0) is 23.2. The minimum Gasteiger partial charge on any atom is -0.491 e. The first kappa shape index (κ1) is 22.8. The van der Waals surface area contributed by atoms with Gasteiger partial charge in [0, 0.05) is 17.9 Å². The molecular formula is C25H26ClN5O2. The summed E-state index contributed by atoms with van der Waals surface area (Å²) < 4.78 is 11.9. The van der Waals surface area contributed by atoms with E-state index in [9.17, 15) is 0 Å². The third kappa shape index (κ3) is 5.69. The molecule has 0 bridgehead atoms. The summed E-state index contributed by atoms with van der Waals surface area (Å²) in [5.41, 5.74) is 2.41. The van der Waals surface area contributed by atoms with Crippen molar-refractivity contribution >= 4 is 34.0 Å². The van der Waals surface area contributed by atoms with E-state index in [1.165, 1.54) is 6.33 Å². The maximum Gasteiger partial charge on any atom is 0.145 e. The average Bonchev–Trinajstić information content (AvgIpc) is 2.82. The molecule has 0 aliphatic carbocycles. The van der Waals surface area contributed by atoms with Gasteiger partial charge in [-0.3, -0.25) is 4.98 Å². The molecule has 0 spiro atoms. The lowest BCUT2D eigenvalue weighted by Crippen LogP contribution is -2.30. The second-order valence-corrected chi connectivity index (χ2v) is 8.28. The van der Waals surface area contributed by atoms with Crippen molar-refractivity contribution in [1.29, 1.82) is 0 Å². The van der Waals surface area contributed by atoms with E-state index in [0.717, 1.165) is 28.0 Å². The summed E-state index contributed by atoms with van der Waals surface area (Å²) in [4.78, 5) is 15.2. The Hall–Kier alpha value is -3.42. The molecule has 2 heterocycles. The number of aromatic nitrogens is 3. The Labute approximate surface area is 198 Å². The minimum absolute atomic E-state index is 0.263. The van der Waals surface area contributed by atoms with Crippen LogP contribution >= 0.6 is 11.6 Å². The molecule has 0 radical (unpaired) electrons. The van der Waals surface area contributed by atoms with Crippen LogP contribution in [-0.4, -0.2) is 46.6 Å². The second-order valence-electron chi connectivity index (χ2n) is 7.88. The number of hydrogen-bond acceptors (Lipinski definition) is 7. The fraction of sp³-hybridized carbons (Fsp3) is 0.240. The Kier molecular flexibility index (Phi) is 7.22. The molecule has 170 valence electrons. The van der Waals surface area contributed by atoms with Gasteiger partial charge < -0.3 is 19.7 Å². The highest BCUT2D eigenvalue weighted by Gasteiger charge is 2.13. The second kappa shape index (κ2) is 10.5. The minimum atomic E-state index is 0.263. The monoisotopic (exact) mass is 463 g/mol. The highest BCUT2D eigenvalue weighted by atomic mass is 35.5. The van der Waals surface area contributed by atoms with Crippen LogP contribution < -0.4 is 14.8 Å². The van der Waals surface area contributed by atoms with Crippen LogP contribution in [0.3, 0.4) is 0 Å². The summed E-state index contributed by atoms with van der Waals surface area (Å²) in [5, 5.41) is 4.65. The third-order valence-electron chi connectivity index (χ3n) is 5.28. The lowest BCUT2D eigenvalue weighted by Gasteiger charge is -2.21. The summed E-state index contributed by atoms with van der Waals surface area (Å²) in [6, 6.07) is 17.3. The first-order valence-corrected chi connectivity index (χ1v) is 11.0. The van der Waals surface area contributed by atoms with Gasteiger partial charge in [0.05, 0.1) is 21.6 Å². The van der Waals surface area contributed by atoms with E-state index in [4.69, 9.17) is 21.1 Å². The fourth-order valence-electron chi connectivity index (χ4n) is 3.12. The molecule has 0 saturated carbocycles. The van der Waals surface area contributed by atoms with E-state index in [1.807, 2.05) is 62.6 Å². The largest absolute Gasteiger partial charge is 0.491 e. The first-order chi connectivity index (χ1) is 16.0. The van der Waals surface area contributed by atoms with Crippen molar-refractivity contribution in [3.63, 3.8) is 0 Å². The molecule has 4 rings (SSSR count). The van der Waals surface area contributed by atoms with Gasteiger partial charge in [0.25, 0.3) is 0 Å². The van der Waals surface area contributed by atoms with Gasteiger partial charge in [0.1, 0.15) is 36.9 Å². The maximum atomic E-state index is 6.48. The number of fused-ring (bicyclic) bond motifs is 1. The molecule has 0 saturated heterocycles. The average molecular weight is 464 g/mol. The van der Waals surface area contributed by atoms with E-state index in [1.54, 1.807) is 12.3 Å². The van der Waals surface area contributed by atoms with Crippen molar-refractivity contribution < 1.29 is 9.47 Å². The third-order valence-corrected chi connectivity index (χ3v) is 5.58. The van der Waals surface area contributed by atoms with Crippen LogP contribution in [0.2, 0.25) is 5.02 Å². The van der Waals surface area contributed by atoms with E-state index >= 15 is 0 Å². The molecule has 1 unspecified atom stereocenters. The number of benzene rings is 2. The SMILES string of the molecule is CC(COc1cccc2ncnc(Nc3ccc(OCc4ccccn4)c(Cl)c3)c12)N(C)C. The van der Waals surface area contributed by atoms with Gasteiger partial charge in [-0.1, -0.05) is 23.7 Å². The highest BCUT2D eigenvalue weighted by Crippen LogP contribution is 2.34. The zero-order valence-electron chi connectivity index (χ0n) is 18.8. The van der Waals surface area contributed by atoms with Crippen LogP contribution in [0.1, 0.15) is 12.6 Å². The molecule has 1 N–H and O–H groups in total. The Balaban J connectivity index is 1.54. The van der Waals surface area contributed by atoms with Crippen molar-refractivity contribution in [3.05, 3.63) is 77.8 Å². The van der Waals surface area contributed by atoms with E-state index < -0.39 is 0 Å². The van der Waals surface area contributed by atoms with E-state index in [2.05, 4.69) is 32.1 Å². The van der Waals surface area contributed by atoms with Crippen molar-refractivity contribution in [3.8, 4) is 11.5 Å². The lowest BCUT2D eigenvalue weighted by atomic mass is 10.2. The van der Waals surface area contributed by atoms with E-state index in [0.29, 0.717) is 29.8 Å². The molecule has 0 amide bonds. The topological polar surface area (TPSA) is 72.4 Å². The summed E-state index contributed by atoms with van der Waals surface area (Å²) in [7, 11) is 4.06. The molecule has 1 atom stereocenters. The van der Waals surface area contributed by atoms with Gasteiger partial charge in [0.15, 0.2) is 0 Å². The number of hydrogen-bond donors (Lipinski definition) is 1. The predicted octanol–water partition coefficient (Wildman–Crippen LogP) is 5.33. The van der Waals surface area contributed by atoms with Crippen molar-refractivity contribution in [2.45, 2.75) is 19.6 Å². The number of likely N-dealkylation sites (N-methyl/N-ethyl adjacent to an activating group) is 1. The van der Waals surface area contributed by atoms with E-state index in [-0.39, 0.29) is 6.04 Å². The molecule has 33 heavy (non-hydrogen) atoms. The van der Waals surface area contributed by atoms with Crippen LogP contribution in [0.5, 0.6) is 11.5 Å². The normalized spacial score (nSPS) is 12.0. The van der Waals surface area contributed by atoms with Crippen LogP contribution in [0, 0.1) is 0 Å².